The summed E-state index contributed by atoms with van der Waals surface area (Å²) >= 11 is 0. The molecule has 0 spiro atoms. The fraction of sp³-hybridized carbons (Fsp3) is 0.261. The van der Waals surface area contributed by atoms with Crippen LogP contribution in [-0.2, 0) is 4.79 Å². The number of carbonyl (C=O) groups is 2. The number of methoxy groups -OCH3 is 1. The summed E-state index contributed by atoms with van der Waals surface area (Å²) in [6.45, 7) is 2.76. The fourth-order valence-corrected chi connectivity index (χ4v) is 3.66. The summed E-state index contributed by atoms with van der Waals surface area (Å²) in [5.41, 5.74) is 2.87. The lowest BCUT2D eigenvalue weighted by Gasteiger charge is -2.36. The summed E-state index contributed by atoms with van der Waals surface area (Å²) in [7, 11) is 3.38. The zero-order valence-corrected chi connectivity index (χ0v) is 17.3. The quantitative estimate of drug-likeness (QED) is 0.671. The Morgan fingerprint density at radius 3 is 2.43 bits per heavy atom. The first-order valence-corrected chi connectivity index (χ1v) is 9.85. The highest BCUT2D eigenvalue weighted by atomic mass is 16.5. The highest BCUT2D eigenvalue weighted by molar-refractivity contribution is 5.97. The third-order valence-electron chi connectivity index (χ3n) is 5.45. The van der Waals surface area contributed by atoms with Crippen molar-refractivity contribution >= 4 is 11.8 Å². The van der Waals surface area contributed by atoms with Crippen LogP contribution in [0.15, 0.2) is 60.7 Å². The van der Waals surface area contributed by atoms with Crippen LogP contribution in [0, 0.1) is 0 Å². The number of ether oxygens (including phenoxy) is 1. The van der Waals surface area contributed by atoms with Gasteiger partial charge in [-0.2, -0.15) is 5.10 Å². The highest BCUT2D eigenvalue weighted by Crippen LogP contribution is 2.27. The van der Waals surface area contributed by atoms with Gasteiger partial charge in [0.1, 0.15) is 11.8 Å². The Balaban J connectivity index is 1.75. The number of carbonyl (C=O) groups excluding carboxylic acids is 2. The number of hydrogen-bond acceptors (Lipinski definition) is 4. The van der Waals surface area contributed by atoms with E-state index in [1.54, 1.807) is 41.6 Å². The fourth-order valence-electron chi connectivity index (χ4n) is 3.66. The molecule has 3 aromatic rings. The minimum atomic E-state index is -0.512. The lowest BCUT2D eigenvalue weighted by Crippen LogP contribution is -2.56. The Hall–Kier alpha value is -3.61. The van der Waals surface area contributed by atoms with Crippen LogP contribution in [0.4, 0.5) is 0 Å². The second-order valence-electron chi connectivity index (χ2n) is 7.32. The smallest absolute Gasteiger partial charge is 0.275 e. The summed E-state index contributed by atoms with van der Waals surface area (Å²) in [5, 5.41) is 4.62. The first kappa shape index (κ1) is 19.7. The summed E-state index contributed by atoms with van der Waals surface area (Å²) in [5.74, 6) is 0.450. The lowest BCUT2D eigenvalue weighted by atomic mass is 10.1. The molecule has 154 valence electrons. The first-order chi connectivity index (χ1) is 14.5. The molecular formula is C23H24N4O3. The van der Waals surface area contributed by atoms with Crippen LogP contribution in [0.5, 0.6) is 5.75 Å². The SMILES string of the molecule is COc1ccc(-c2cc(C(=O)N3CCN(C)C(=O)C3C)nn2-c2ccccc2)cc1. The molecule has 1 unspecified atom stereocenters. The van der Waals surface area contributed by atoms with E-state index < -0.39 is 6.04 Å². The molecule has 1 aliphatic rings. The second kappa shape index (κ2) is 8.02. The molecule has 7 nitrogen and oxygen atoms in total. The van der Waals surface area contributed by atoms with Crippen LogP contribution in [0.2, 0.25) is 0 Å². The zero-order valence-electron chi connectivity index (χ0n) is 17.3. The van der Waals surface area contributed by atoms with Gasteiger partial charge in [-0.3, -0.25) is 9.59 Å². The van der Waals surface area contributed by atoms with Gasteiger partial charge in [0.15, 0.2) is 5.69 Å². The zero-order chi connectivity index (χ0) is 21.3. The minimum Gasteiger partial charge on any atom is -0.497 e. The molecule has 1 atom stereocenters. The second-order valence-corrected chi connectivity index (χ2v) is 7.32. The molecule has 0 N–H and O–H groups in total. The number of nitrogens with zero attached hydrogens (tertiary/aromatic N) is 4. The van der Waals surface area contributed by atoms with Crippen LogP contribution in [0.3, 0.4) is 0 Å². The van der Waals surface area contributed by atoms with Gasteiger partial charge in [0.2, 0.25) is 5.91 Å². The van der Waals surface area contributed by atoms with E-state index in [0.717, 1.165) is 22.7 Å². The maximum atomic E-state index is 13.3. The Bertz CT molecular complexity index is 1060. The van der Waals surface area contributed by atoms with E-state index in [-0.39, 0.29) is 11.8 Å². The third-order valence-corrected chi connectivity index (χ3v) is 5.45. The predicted octanol–water partition coefficient (Wildman–Crippen LogP) is 2.85. The summed E-state index contributed by atoms with van der Waals surface area (Å²) in [6, 6.07) is 18.6. The van der Waals surface area contributed by atoms with Crippen molar-refractivity contribution in [2.45, 2.75) is 13.0 Å². The molecule has 4 rings (SSSR count). The summed E-state index contributed by atoms with van der Waals surface area (Å²) < 4.78 is 7.02. The molecule has 1 fully saturated rings. The van der Waals surface area contributed by atoms with Crippen LogP contribution < -0.4 is 4.74 Å². The van der Waals surface area contributed by atoms with Gasteiger partial charge >= 0.3 is 0 Å². The maximum absolute atomic E-state index is 13.3. The van der Waals surface area contributed by atoms with Gasteiger partial charge in [0.05, 0.1) is 18.5 Å². The first-order valence-electron chi connectivity index (χ1n) is 9.85. The van der Waals surface area contributed by atoms with E-state index in [0.29, 0.717) is 18.8 Å². The topological polar surface area (TPSA) is 67.7 Å². The Labute approximate surface area is 175 Å². The van der Waals surface area contributed by atoms with Crippen molar-refractivity contribution in [2.75, 3.05) is 27.2 Å². The molecule has 1 saturated heterocycles. The summed E-state index contributed by atoms with van der Waals surface area (Å²) in [4.78, 5) is 28.8. The van der Waals surface area contributed by atoms with Gasteiger partial charge in [0.25, 0.3) is 5.91 Å². The Kier molecular flexibility index (Phi) is 5.27. The van der Waals surface area contributed by atoms with Crippen molar-refractivity contribution in [1.82, 2.24) is 19.6 Å². The van der Waals surface area contributed by atoms with E-state index in [4.69, 9.17) is 4.74 Å². The molecule has 7 heteroatoms. The molecule has 0 bridgehead atoms. The van der Waals surface area contributed by atoms with Crippen molar-refractivity contribution in [1.29, 1.82) is 0 Å². The number of benzene rings is 2. The van der Waals surface area contributed by atoms with Gasteiger partial charge in [-0.15, -0.1) is 0 Å². The van der Waals surface area contributed by atoms with Crippen LogP contribution in [-0.4, -0.2) is 64.7 Å². The molecule has 1 aromatic heterocycles. The monoisotopic (exact) mass is 404 g/mol. The Morgan fingerprint density at radius 2 is 1.77 bits per heavy atom. The van der Waals surface area contributed by atoms with E-state index in [1.165, 1.54) is 0 Å². The summed E-state index contributed by atoms with van der Waals surface area (Å²) in [6.07, 6.45) is 0. The molecule has 0 saturated carbocycles. The highest BCUT2D eigenvalue weighted by Gasteiger charge is 2.34. The standard InChI is InChI=1S/C23H24N4O3/c1-16-22(28)25(2)13-14-26(16)23(29)20-15-21(17-9-11-19(30-3)12-10-17)27(24-20)18-7-5-4-6-8-18/h4-12,15-16H,13-14H2,1-3H3. The number of rotatable bonds is 4. The average molecular weight is 404 g/mol. The number of hydrogen-bond donors (Lipinski definition) is 0. The van der Waals surface area contributed by atoms with Crippen LogP contribution in [0.1, 0.15) is 17.4 Å². The van der Waals surface area contributed by atoms with E-state index in [2.05, 4.69) is 5.10 Å². The average Bonchev–Trinajstić information content (AvgIpc) is 3.23. The van der Waals surface area contributed by atoms with Crippen molar-refractivity contribution in [3.8, 4) is 22.7 Å². The molecule has 0 aliphatic carbocycles. The van der Waals surface area contributed by atoms with E-state index in [9.17, 15) is 9.59 Å². The Morgan fingerprint density at radius 1 is 1.07 bits per heavy atom. The van der Waals surface area contributed by atoms with Crippen molar-refractivity contribution in [3.63, 3.8) is 0 Å². The van der Waals surface area contributed by atoms with Gasteiger partial charge in [-0.1, -0.05) is 18.2 Å². The molecule has 1 aliphatic heterocycles. The van der Waals surface area contributed by atoms with Crippen molar-refractivity contribution in [3.05, 3.63) is 66.4 Å². The molecule has 2 aromatic carbocycles. The van der Waals surface area contributed by atoms with E-state index >= 15 is 0 Å². The predicted molar refractivity (Wildman–Crippen MR) is 114 cm³/mol. The van der Waals surface area contributed by atoms with Crippen LogP contribution in [0.25, 0.3) is 16.9 Å². The van der Waals surface area contributed by atoms with Gasteiger partial charge in [-0.05, 0) is 49.4 Å². The minimum absolute atomic E-state index is 0.0625. The number of aromatic nitrogens is 2. The molecular weight excluding hydrogens is 380 g/mol. The number of para-hydroxylation sites is 1. The number of piperazine rings is 1. The largest absolute Gasteiger partial charge is 0.497 e. The van der Waals surface area contributed by atoms with Crippen molar-refractivity contribution in [2.24, 2.45) is 0 Å². The van der Waals surface area contributed by atoms with Crippen LogP contribution >= 0.6 is 0 Å². The van der Waals surface area contributed by atoms with Gasteiger partial charge in [-0.25, -0.2) is 4.68 Å². The number of amides is 2. The maximum Gasteiger partial charge on any atom is 0.275 e. The van der Waals surface area contributed by atoms with Gasteiger partial charge in [0, 0.05) is 25.7 Å². The lowest BCUT2D eigenvalue weighted by molar-refractivity contribution is -0.137. The molecule has 2 heterocycles. The van der Waals surface area contributed by atoms with Crippen molar-refractivity contribution < 1.29 is 14.3 Å². The third kappa shape index (κ3) is 3.54. The van der Waals surface area contributed by atoms with Gasteiger partial charge < -0.3 is 14.5 Å². The van der Waals surface area contributed by atoms with E-state index in [1.807, 2.05) is 54.6 Å². The number of likely N-dealkylation sites (N-methyl/N-ethyl adjacent to an activating group) is 1. The molecule has 30 heavy (non-hydrogen) atoms. The molecule has 2 amide bonds. The normalized spacial score (nSPS) is 16.6. The molecule has 0 radical (unpaired) electrons.